The molecular formula is C12H9Cl2NO4S. The van der Waals surface area contributed by atoms with Gasteiger partial charge in [-0.25, -0.2) is 4.79 Å². The van der Waals surface area contributed by atoms with Crippen LogP contribution in [0.1, 0.15) is 9.67 Å². The highest BCUT2D eigenvalue weighted by atomic mass is 35.5. The van der Waals surface area contributed by atoms with Crippen molar-refractivity contribution in [3.05, 3.63) is 33.1 Å². The van der Waals surface area contributed by atoms with Crippen molar-refractivity contribution in [1.82, 2.24) is 5.32 Å². The third-order valence-corrected chi connectivity index (χ3v) is 4.43. The van der Waals surface area contributed by atoms with Gasteiger partial charge in [0.15, 0.2) is 6.10 Å². The third-order valence-electron chi connectivity index (χ3n) is 2.54. The SMILES string of the molecule is O=C(NC[C@H](O)C(=O)O)c1sc2cc(Cl)ccc2c1Cl. The van der Waals surface area contributed by atoms with Crippen LogP contribution in [0.4, 0.5) is 0 Å². The maximum Gasteiger partial charge on any atom is 0.334 e. The molecule has 106 valence electrons. The Morgan fingerprint density at radius 3 is 2.70 bits per heavy atom. The molecule has 1 atom stereocenters. The Hall–Kier alpha value is -1.34. The number of aliphatic hydroxyl groups excluding tert-OH is 1. The number of carboxylic acid groups (broad SMARTS) is 1. The molecule has 0 unspecified atom stereocenters. The number of rotatable bonds is 4. The molecule has 0 spiro atoms. The van der Waals surface area contributed by atoms with Crippen LogP contribution in [0, 0.1) is 0 Å². The summed E-state index contributed by atoms with van der Waals surface area (Å²) in [5.41, 5.74) is 0. The zero-order chi connectivity index (χ0) is 14.9. The summed E-state index contributed by atoms with van der Waals surface area (Å²) in [4.78, 5) is 22.6. The number of hydrogen-bond acceptors (Lipinski definition) is 4. The number of halogens is 2. The first-order valence-corrected chi connectivity index (χ1v) is 7.04. The molecule has 0 saturated heterocycles. The molecule has 0 radical (unpaired) electrons. The second-order valence-corrected chi connectivity index (χ2v) is 5.82. The van der Waals surface area contributed by atoms with E-state index in [0.29, 0.717) is 10.4 Å². The van der Waals surface area contributed by atoms with Gasteiger partial charge in [-0.05, 0) is 12.1 Å². The predicted molar refractivity (Wildman–Crippen MR) is 77.8 cm³/mol. The number of amides is 1. The molecule has 5 nitrogen and oxygen atoms in total. The zero-order valence-corrected chi connectivity index (χ0v) is 12.2. The lowest BCUT2D eigenvalue weighted by molar-refractivity contribution is -0.146. The Morgan fingerprint density at radius 1 is 1.35 bits per heavy atom. The lowest BCUT2D eigenvalue weighted by Crippen LogP contribution is -2.36. The predicted octanol–water partition coefficient (Wildman–Crippen LogP) is 2.38. The number of thiophene rings is 1. The van der Waals surface area contributed by atoms with Crippen molar-refractivity contribution in [3.63, 3.8) is 0 Å². The van der Waals surface area contributed by atoms with Gasteiger partial charge in [-0.15, -0.1) is 11.3 Å². The van der Waals surface area contributed by atoms with Crippen LogP contribution >= 0.6 is 34.5 Å². The first-order valence-electron chi connectivity index (χ1n) is 5.46. The largest absolute Gasteiger partial charge is 0.479 e. The molecular weight excluding hydrogens is 325 g/mol. The van der Waals surface area contributed by atoms with Crippen molar-refractivity contribution in [3.8, 4) is 0 Å². The molecule has 1 aromatic carbocycles. The second kappa shape index (κ2) is 5.97. The molecule has 2 aromatic rings. The van der Waals surface area contributed by atoms with Crippen molar-refractivity contribution in [2.24, 2.45) is 0 Å². The van der Waals surface area contributed by atoms with Crippen molar-refractivity contribution in [1.29, 1.82) is 0 Å². The number of carboxylic acids is 1. The number of carbonyl (C=O) groups is 2. The molecule has 1 aromatic heterocycles. The van der Waals surface area contributed by atoms with Crippen molar-refractivity contribution >= 4 is 56.5 Å². The fourth-order valence-electron chi connectivity index (χ4n) is 1.54. The van der Waals surface area contributed by atoms with E-state index in [1.807, 2.05) is 0 Å². The smallest absolute Gasteiger partial charge is 0.334 e. The summed E-state index contributed by atoms with van der Waals surface area (Å²) in [6.45, 7) is -0.389. The van der Waals surface area contributed by atoms with Gasteiger partial charge in [0, 0.05) is 15.1 Å². The average Bonchev–Trinajstić information content (AvgIpc) is 2.72. The molecule has 2 rings (SSSR count). The van der Waals surface area contributed by atoms with E-state index in [4.69, 9.17) is 33.4 Å². The molecule has 0 fully saturated rings. The number of aliphatic carboxylic acids is 1. The Kier molecular flexibility index (Phi) is 4.49. The zero-order valence-electron chi connectivity index (χ0n) is 9.89. The lowest BCUT2D eigenvalue weighted by atomic mass is 10.2. The highest BCUT2D eigenvalue weighted by Gasteiger charge is 2.19. The summed E-state index contributed by atoms with van der Waals surface area (Å²) in [5.74, 6) is -1.94. The number of aliphatic hydroxyl groups is 1. The van der Waals surface area contributed by atoms with Crippen LogP contribution in [-0.4, -0.2) is 34.7 Å². The highest BCUT2D eigenvalue weighted by Crippen LogP contribution is 2.36. The molecule has 3 N–H and O–H groups in total. The maximum absolute atomic E-state index is 11.9. The molecule has 8 heteroatoms. The number of fused-ring (bicyclic) bond motifs is 1. The Bertz CT molecular complexity index is 685. The molecule has 1 heterocycles. The van der Waals surface area contributed by atoms with Gasteiger partial charge in [0.1, 0.15) is 4.88 Å². The molecule has 0 saturated carbocycles. The average molecular weight is 334 g/mol. The Labute approximate surface area is 127 Å². The van der Waals surface area contributed by atoms with Crippen molar-refractivity contribution < 1.29 is 19.8 Å². The lowest BCUT2D eigenvalue weighted by Gasteiger charge is -2.06. The molecule has 0 bridgehead atoms. The molecule has 20 heavy (non-hydrogen) atoms. The van der Waals surface area contributed by atoms with Crippen molar-refractivity contribution in [2.45, 2.75) is 6.10 Å². The van der Waals surface area contributed by atoms with Crippen LogP contribution in [0.15, 0.2) is 18.2 Å². The van der Waals surface area contributed by atoms with E-state index in [9.17, 15) is 9.59 Å². The van der Waals surface area contributed by atoms with Gasteiger partial charge in [0.2, 0.25) is 0 Å². The van der Waals surface area contributed by atoms with Gasteiger partial charge < -0.3 is 15.5 Å². The standard InChI is InChI=1S/C12H9Cl2NO4S/c13-5-1-2-6-8(3-5)20-10(9(6)14)11(17)15-4-7(16)12(18)19/h1-3,7,16H,4H2,(H,15,17)(H,18,19)/t7-/m0/s1. The van der Waals surface area contributed by atoms with Crippen LogP contribution in [0.2, 0.25) is 10.0 Å². The molecule has 0 aliphatic carbocycles. The van der Waals surface area contributed by atoms with Crippen LogP contribution in [-0.2, 0) is 4.79 Å². The number of carbonyl (C=O) groups excluding carboxylic acids is 1. The van der Waals surface area contributed by atoms with E-state index in [1.54, 1.807) is 18.2 Å². The normalized spacial score (nSPS) is 12.3. The summed E-state index contributed by atoms with van der Waals surface area (Å²) in [7, 11) is 0. The van der Waals surface area contributed by atoms with E-state index in [2.05, 4.69) is 5.32 Å². The highest BCUT2D eigenvalue weighted by molar-refractivity contribution is 7.21. The van der Waals surface area contributed by atoms with E-state index < -0.39 is 18.0 Å². The number of nitrogens with one attached hydrogen (secondary N) is 1. The van der Waals surface area contributed by atoms with Gasteiger partial charge >= 0.3 is 5.97 Å². The summed E-state index contributed by atoms with van der Waals surface area (Å²) in [6, 6.07) is 5.06. The quantitative estimate of drug-likeness (QED) is 0.801. The minimum absolute atomic E-state index is 0.251. The van der Waals surface area contributed by atoms with Crippen LogP contribution in [0.5, 0.6) is 0 Å². The first-order chi connectivity index (χ1) is 9.40. The molecule has 0 aliphatic heterocycles. The summed E-state index contributed by atoms with van der Waals surface area (Å²) < 4.78 is 0.756. The van der Waals surface area contributed by atoms with E-state index in [-0.39, 0.29) is 16.4 Å². The van der Waals surface area contributed by atoms with Gasteiger partial charge in [-0.2, -0.15) is 0 Å². The number of hydrogen-bond donors (Lipinski definition) is 3. The minimum atomic E-state index is -1.65. The van der Waals surface area contributed by atoms with Crippen LogP contribution in [0.3, 0.4) is 0 Å². The van der Waals surface area contributed by atoms with Crippen LogP contribution < -0.4 is 5.32 Å². The fraction of sp³-hybridized carbons (Fsp3) is 0.167. The summed E-state index contributed by atoms with van der Waals surface area (Å²) in [6.07, 6.45) is -1.65. The van der Waals surface area contributed by atoms with Crippen molar-refractivity contribution in [2.75, 3.05) is 6.54 Å². The Morgan fingerprint density at radius 2 is 2.05 bits per heavy atom. The first kappa shape index (κ1) is 15.1. The third kappa shape index (κ3) is 3.04. The van der Waals surface area contributed by atoms with Gasteiger partial charge in [0.05, 0.1) is 11.6 Å². The number of benzene rings is 1. The summed E-state index contributed by atoms with van der Waals surface area (Å²) >= 11 is 13.1. The molecule has 1 amide bonds. The van der Waals surface area contributed by atoms with Crippen LogP contribution in [0.25, 0.3) is 10.1 Å². The van der Waals surface area contributed by atoms with Gasteiger partial charge in [-0.3, -0.25) is 4.79 Å². The van der Waals surface area contributed by atoms with E-state index in [1.165, 1.54) is 0 Å². The second-order valence-electron chi connectivity index (χ2n) is 3.95. The fourth-order valence-corrected chi connectivity index (χ4v) is 3.25. The van der Waals surface area contributed by atoms with E-state index >= 15 is 0 Å². The summed E-state index contributed by atoms with van der Waals surface area (Å²) in [5, 5.41) is 21.5. The Balaban J connectivity index is 2.22. The molecule has 0 aliphatic rings. The van der Waals surface area contributed by atoms with Gasteiger partial charge in [0.25, 0.3) is 5.91 Å². The monoisotopic (exact) mass is 333 g/mol. The van der Waals surface area contributed by atoms with Gasteiger partial charge in [-0.1, -0.05) is 29.3 Å². The topological polar surface area (TPSA) is 86.6 Å². The maximum atomic E-state index is 11.9. The van der Waals surface area contributed by atoms with E-state index in [0.717, 1.165) is 16.0 Å². The minimum Gasteiger partial charge on any atom is -0.479 e.